The normalized spacial score (nSPS) is 19.2. The number of benzene rings is 1. The first kappa shape index (κ1) is 16.9. The molecule has 24 heavy (non-hydrogen) atoms. The van der Waals surface area contributed by atoms with Gasteiger partial charge in [0.1, 0.15) is 21.7 Å². The number of carbonyl (C=O) groups excluding carboxylic acids is 2. The van der Waals surface area contributed by atoms with Gasteiger partial charge in [-0.05, 0) is 38.5 Å². The molecule has 2 aromatic rings. The van der Waals surface area contributed by atoms with Crippen LogP contribution in [-0.2, 0) is 4.79 Å². The van der Waals surface area contributed by atoms with Crippen LogP contribution >= 0.6 is 22.9 Å². The molecule has 1 aliphatic heterocycles. The minimum Gasteiger partial charge on any atom is -0.349 e. The van der Waals surface area contributed by atoms with Gasteiger partial charge in [-0.3, -0.25) is 9.59 Å². The summed E-state index contributed by atoms with van der Waals surface area (Å²) in [5.74, 6) is -1.04. The third-order valence-corrected chi connectivity index (χ3v) is 4.90. The Bertz CT molecular complexity index is 801. The molecule has 0 radical (unpaired) electrons. The second-order valence-electron chi connectivity index (χ2n) is 6.29. The topological polar surface area (TPSA) is 71.1 Å². The molecule has 0 saturated carbocycles. The lowest BCUT2D eigenvalue weighted by Gasteiger charge is -2.16. The Morgan fingerprint density at radius 2 is 2.21 bits per heavy atom. The molecule has 1 aromatic carbocycles. The number of hydrogen-bond acceptors (Lipinski definition) is 4. The second-order valence-corrected chi connectivity index (χ2v) is 7.76. The molecule has 1 aromatic heterocycles. The third-order valence-electron chi connectivity index (χ3n) is 3.64. The van der Waals surface area contributed by atoms with Crippen molar-refractivity contribution in [2.24, 2.45) is 0 Å². The molecule has 0 spiro atoms. The maximum atomic E-state index is 13.4. The first-order chi connectivity index (χ1) is 11.2. The standard InChI is InChI=1S/C16H15ClFN3O2S/c1-16(2)6-11(13(22)21-16)20-14(23)12-7-19-15(24-12)8-3-9(17)5-10(18)4-8/h3-5,7,11H,6H2,1-2H3,(H,20,23)(H,21,22)/t11-/m0/s1. The van der Waals surface area contributed by atoms with Crippen molar-refractivity contribution >= 4 is 34.8 Å². The molecule has 8 heteroatoms. The summed E-state index contributed by atoms with van der Waals surface area (Å²) >= 11 is 6.95. The van der Waals surface area contributed by atoms with Gasteiger partial charge >= 0.3 is 0 Å². The Hall–Kier alpha value is -1.99. The number of hydrogen-bond donors (Lipinski definition) is 2. The van der Waals surface area contributed by atoms with Crippen molar-refractivity contribution in [2.45, 2.75) is 31.8 Å². The van der Waals surface area contributed by atoms with Crippen LogP contribution in [0.1, 0.15) is 29.9 Å². The molecule has 0 unspecified atom stereocenters. The van der Waals surface area contributed by atoms with E-state index >= 15 is 0 Å². The zero-order valence-electron chi connectivity index (χ0n) is 13.0. The Morgan fingerprint density at radius 1 is 1.46 bits per heavy atom. The van der Waals surface area contributed by atoms with E-state index in [-0.39, 0.29) is 22.4 Å². The van der Waals surface area contributed by atoms with Crippen LogP contribution in [0.5, 0.6) is 0 Å². The van der Waals surface area contributed by atoms with Gasteiger partial charge in [0, 0.05) is 16.1 Å². The van der Waals surface area contributed by atoms with E-state index in [0.717, 1.165) is 11.3 Å². The first-order valence-corrected chi connectivity index (χ1v) is 8.48. The molecule has 2 heterocycles. The van der Waals surface area contributed by atoms with Crippen molar-refractivity contribution < 1.29 is 14.0 Å². The van der Waals surface area contributed by atoms with Crippen LogP contribution in [0.15, 0.2) is 24.4 Å². The minimum atomic E-state index is -0.568. The van der Waals surface area contributed by atoms with Crippen LogP contribution in [0.3, 0.4) is 0 Å². The molecule has 0 aliphatic carbocycles. The summed E-state index contributed by atoms with van der Waals surface area (Å²) in [6.07, 6.45) is 1.93. The van der Waals surface area contributed by atoms with Crippen LogP contribution in [0.2, 0.25) is 5.02 Å². The minimum absolute atomic E-state index is 0.199. The highest BCUT2D eigenvalue weighted by atomic mass is 35.5. The van der Waals surface area contributed by atoms with Gasteiger partial charge in [-0.2, -0.15) is 0 Å². The van der Waals surface area contributed by atoms with Crippen molar-refractivity contribution in [3.63, 3.8) is 0 Å². The van der Waals surface area contributed by atoms with Crippen LogP contribution in [-0.4, -0.2) is 28.4 Å². The molecule has 0 bridgehead atoms. The predicted octanol–water partition coefficient (Wildman–Crippen LogP) is 3.00. The predicted molar refractivity (Wildman–Crippen MR) is 90.6 cm³/mol. The van der Waals surface area contributed by atoms with E-state index in [2.05, 4.69) is 15.6 Å². The van der Waals surface area contributed by atoms with E-state index < -0.39 is 11.9 Å². The number of amides is 2. The lowest BCUT2D eigenvalue weighted by atomic mass is 10.0. The average Bonchev–Trinajstić information content (AvgIpc) is 3.03. The fraction of sp³-hybridized carbons (Fsp3) is 0.312. The quantitative estimate of drug-likeness (QED) is 0.876. The molecule has 1 fully saturated rings. The number of nitrogens with one attached hydrogen (secondary N) is 2. The molecular weight excluding hydrogens is 353 g/mol. The number of rotatable bonds is 3. The van der Waals surface area contributed by atoms with Crippen molar-refractivity contribution in [3.05, 3.63) is 40.1 Å². The van der Waals surface area contributed by atoms with Gasteiger partial charge in [0.25, 0.3) is 5.91 Å². The van der Waals surface area contributed by atoms with Gasteiger partial charge in [-0.1, -0.05) is 11.6 Å². The number of aromatic nitrogens is 1. The van der Waals surface area contributed by atoms with E-state index in [4.69, 9.17) is 11.6 Å². The maximum Gasteiger partial charge on any atom is 0.263 e. The van der Waals surface area contributed by atoms with Gasteiger partial charge < -0.3 is 10.6 Å². The van der Waals surface area contributed by atoms with Gasteiger partial charge in [0.2, 0.25) is 5.91 Å². The van der Waals surface area contributed by atoms with Crippen LogP contribution in [0, 0.1) is 5.82 Å². The lowest BCUT2D eigenvalue weighted by molar-refractivity contribution is -0.121. The van der Waals surface area contributed by atoms with Crippen LogP contribution in [0.25, 0.3) is 10.6 Å². The highest BCUT2D eigenvalue weighted by Crippen LogP contribution is 2.28. The highest BCUT2D eigenvalue weighted by molar-refractivity contribution is 7.16. The van der Waals surface area contributed by atoms with E-state index in [1.165, 1.54) is 18.3 Å². The fourth-order valence-corrected chi connectivity index (χ4v) is 3.64. The smallest absolute Gasteiger partial charge is 0.263 e. The van der Waals surface area contributed by atoms with Gasteiger partial charge in [0.05, 0.1) is 6.20 Å². The fourth-order valence-electron chi connectivity index (χ4n) is 2.61. The number of nitrogens with zero attached hydrogens (tertiary/aromatic N) is 1. The molecule has 3 rings (SSSR count). The van der Waals surface area contributed by atoms with Crippen LogP contribution in [0.4, 0.5) is 4.39 Å². The van der Waals surface area contributed by atoms with Crippen molar-refractivity contribution in [2.75, 3.05) is 0 Å². The Morgan fingerprint density at radius 3 is 2.83 bits per heavy atom. The zero-order valence-corrected chi connectivity index (χ0v) is 14.6. The average molecular weight is 368 g/mol. The van der Waals surface area contributed by atoms with Crippen molar-refractivity contribution in [1.29, 1.82) is 0 Å². The molecule has 5 nitrogen and oxygen atoms in total. The lowest BCUT2D eigenvalue weighted by Crippen LogP contribution is -2.40. The van der Waals surface area contributed by atoms with E-state index in [1.807, 2.05) is 13.8 Å². The summed E-state index contributed by atoms with van der Waals surface area (Å²) < 4.78 is 13.4. The van der Waals surface area contributed by atoms with E-state index in [0.29, 0.717) is 21.9 Å². The Labute approximate surface area is 147 Å². The molecule has 126 valence electrons. The summed E-state index contributed by atoms with van der Waals surface area (Å²) in [5, 5.41) is 6.27. The highest BCUT2D eigenvalue weighted by Gasteiger charge is 2.38. The Balaban J connectivity index is 1.76. The van der Waals surface area contributed by atoms with Crippen LogP contribution < -0.4 is 10.6 Å². The molecule has 1 atom stereocenters. The molecule has 1 aliphatic rings. The SMILES string of the molecule is CC1(C)C[C@H](NC(=O)c2cnc(-c3cc(F)cc(Cl)c3)s2)C(=O)N1. The third kappa shape index (κ3) is 3.57. The molecule has 1 saturated heterocycles. The Kier molecular flexibility index (Phi) is 4.31. The number of carbonyl (C=O) groups is 2. The largest absolute Gasteiger partial charge is 0.349 e. The molecule has 2 N–H and O–H groups in total. The first-order valence-electron chi connectivity index (χ1n) is 7.29. The number of thiazole rings is 1. The summed E-state index contributed by atoms with van der Waals surface area (Å²) in [6, 6.07) is 3.52. The van der Waals surface area contributed by atoms with Gasteiger partial charge in [-0.15, -0.1) is 11.3 Å². The molecular formula is C16H15ClFN3O2S. The summed E-state index contributed by atoms with van der Waals surface area (Å²) in [7, 11) is 0. The summed E-state index contributed by atoms with van der Waals surface area (Å²) in [5.41, 5.74) is 0.162. The van der Waals surface area contributed by atoms with Gasteiger partial charge in [0.15, 0.2) is 0 Å². The van der Waals surface area contributed by atoms with Crippen molar-refractivity contribution in [1.82, 2.24) is 15.6 Å². The summed E-state index contributed by atoms with van der Waals surface area (Å²) in [4.78, 5) is 28.7. The second kappa shape index (κ2) is 6.14. The maximum absolute atomic E-state index is 13.4. The molecule has 2 amide bonds. The van der Waals surface area contributed by atoms with Crippen molar-refractivity contribution in [3.8, 4) is 10.6 Å². The monoisotopic (exact) mass is 367 g/mol. The number of halogens is 2. The van der Waals surface area contributed by atoms with E-state index in [1.54, 1.807) is 6.07 Å². The van der Waals surface area contributed by atoms with E-state index in [9.17, 15) is 14.0 Å². The van der Waals surface area contributed by atoms with Gasteiger partial charge in [-0.25, -0.2) is 9.37 Å². The summed E-state index contributed by atoms with van der Waals surface area (Å²) in [6.45, 7) is 3.80. The zero-order chi connectivity index (χ0) is 17.5.